The van der Waals surface area contributed by atoms with Gasteiger partial charge >= 0.3 is 0 Å². The van der Waals surface area contributed by atoms with E-state index in [1.165, 1.54) is 0 Å². The highest BCUT2D eigenvalue weighted by Crippen LogP contribution is 2.40. The van der Waals surface area contributed by atoms with Gasteiger partial charge < -0.3 is 9.47 Å². The number of Topliss-reactive ketones (excluding diaryl/α,β-unsaturated/α-hetero) is 1. The minimum Gasteiger partial charge on any atom is -0.491 e. The van der Waals surface area contributed by atoms with Crippen LogP contribution in [0.15, 0.2) is 53.8 Å². The average molecular weight is 277 g/mol. The first-order valence-corrected chi connectivity index (χ1v) is 6.54. The van der Waals surface area contributed by atoms with E-state index < -0.39 is 5.06 Å². The summed E-state index contributed by atoms with van der Waals surface area (Å²) in [6.45, 7) is 0.934. The molecule has 1 aliphatic carbocycles. The van der Waals surface area contributed by atoms with Crippen LogP contribution in [0.25, 0.3) is 0 Å². The number of alkyl halides is 1. The zero-order valence-electron chi connectivity index (χ0n) is 10.3. The molecule has 0 amide bonds. The molecular weight excluding hydrogens is 264 g/mol. The van der Waals surface area contributed by atoms with Crippen LogP contribution in [-0.4, -0.2) is 24.1 Å². The Morgan fingerprint density at radius 1 is 1.16 bits per heavy atom. The van der Waals surface area contributed by atoms with Crippen LogP contribution in [-0.2, 0) is 9.47 Å². The predicted molar refractivity (Wildman–Crippen MR) is 72.0 cm³/mol. The molecular formula is C15H13ClO3. The van der Waals surface area contributed by atoms with E-state index in [0.29, 0.717) is 36.5 Å². The molecule has 1 heterocycles. The summed E-state index contributed by atoms with van der Waals surface area (Å²) in [5, 5.41) is -1.02. The van der Waals surface area contributed by atoms with Gasteiger partial charge in [0.05, 0.1) is 6.61 Å². The number of hydrogen-bond donors (Lipinski definition) is 0. The van der Waals surface area contributed by atoms with Gasteiger partial charge in [-0.15, -0.1) is 0 Å². The van der Waals surface area contributed by atoms with Gasteiger partial charge in [-0.25, -0.2) is 0 Å². The number of rotatable bonds is 2. The minimum absolute atomic E-state index is 0.0231. The van der Waals surface area contributed by atoms with E-state index in [1.54, 1.807) is 24.3 Å². The number of carbonyl (C=O) groups is 1. The Labute approximate surface area is 116 Å². The molecule has 0 N–H and O–H groups in total. The van der Waals surface area contributed by atoms with E-state index in [2.05, 4.69) is 0 Å². The molecule has 0 aromatic heterocycles. The molecule has 19 heavy (non-hydrogen) atoms. The smallest absolute Gasteiger partial charge is 0.203 e. The van der Waals surface area contributed by atoms with Crippen LogP contribution in [0.1, 0.15) is 16.8 Å². The van der Waals surface area contributed by atoms with Crippen molar-refractivity contribution in [3.8, 4) is 0 Å². The largest absolute Gasteiger partial charge is 0.491 e. The van der Waals surface area contributed by atoms with Crippen molar-refractivity contribution in [1.82, 2.24) is 0 Å². The van der Waals surface area contributed by atoms with Crippen LogP contribution >= 0.6 is 11.6 Å². The number of ketones is 1. The second-order valence-corrected chi connectivity index (χ2v) is 5.13. The Morgan fingerprint density at radius 3 is 2.74 bits per heavy atom. The lowest BCUT2D eigenvalue weighted by atomic mass is 9.93. The highest BCUT2D eigenvalue weighted by Gasteiger charge is 2.41. The van der Waals surface area contributed by atoms with E-state index in [4.69, 9.17) is 21.1 Å². The third-order valence-electron chi connectivity index (χ3n) is 3.22. The lowest BCUT2D eigenvalue weighted by Gasteiger charge is -2.36. The molecule has 3 nitrogen and oxygen atoms in total. The molecule has 1 atom stereocenters. The Kier molecular flexibility index (Phi) is 3.17. The monoisotopic (exact) mass is 276 g/mol. The highest BCUT2D eigenvalue weighted by atomic mass is 35.5. The molecule has 0 saturated carbocycles. The van der Waals surface area contributed by atoms with Crippen molar-refractivity contribution in [1.29, 1.82) is 0 Å². The molecule has 2 aliphatic rings. The Hall–Kier alpha value is -1.58. The first kappa shape index (κ1) is 12.5. The van der Waals surface area contributed by atoms with Gasteiger partial charge in [-0.05, 0) is 6.08 Å². The average Bonchev–Trinajstić information content (AvgIpc) is 2.46. The number of fused-ring (bicyclic) bond motifs is 1. The maximum Gasteiger partial charge on any atom is 0.203 e. The highest BCUT2D eigenvalue weighted by molar-refractivity contribution is 6.25. The molecule has 0 bridgehead atoms. The maximum absolute atomic E-state index is 12.4. The van der Waals surface area contributed by atoms with Crippen molar-refractivity contribution in [2.75, 3.05) is 13.2 Å². The second-order valence-electron chi connectivity index (χ2n) is 4.52. The lowest BCUT2D eigenvalue weighted by Crippen LogP contribution is -2.38. The van der Waals surface area contributed by atoms with Crippen molar-refractivity contribution < 1.29 is 14.3 Å². The predicted octanol–water partition coefficient (Wildman–Crippen LogP) is 3.07. The molecule has 1 unspecified atom stereocenters. The topological polar surface area (TPSA) is 35.5 Å². The molecule has 0 radical (unpaired) electrons. The van der Waals surface area contributed by atoms with Crippen molar-refractivity contribution in [2.24, 2.45) is 0 Å². The molecule has 0 spiro atoms. The lowest BCUT2D eigenvalue weighted by molar-refractivity contribution is -0.0668. The first-order chi connectivity index (χ1) is 9.19. The standard InChI is InChI=1S/C15H13ClO3/c16-15-10-12(6-7-13(15)18-8-9-19-15)14(17)11-4-2-1-3-5-11/h1-7H,8-10H2. The zero-order chi connectivity index (χ0) is 13.3. The molecule has 98 valence electrons. The van der Waals surface area contributed by atoms with Crippen molar-refractivity contribution in [3.63, 3.8) is 0 Å². The summed E-state index contributed by atoms with van der Waals surface area (Å²) in [6, 6.07) is 9.15. The maximum atomic E-state index is 12.4. The van der Waals surface area contributed by atoms with Crippen LogP contribution in [0.5, 0.6) is 0 Å². The van der Waals surface area contributed by atoms with Crippen LogP contribution in [0.3, 0.4) is 0 Å². The molecule has 1 fully saturated rings. The van der Waals surface area contributed by atoms with Crippen LogP contribution in [0.2, 0.25) is 0 Å². The van der Waals surface area contributed by atoms with Crippen LogP contribution < -0.4 is 0 Å². The Bertz CT molecular complexity index is 562. The number of carbonyl (C=O) groups excluding carboxylic acids is 1. The Balaban J connectivity index is 1.89. The van der Waals surface area contributed by atoms with E-state index in [1.807, 2.05) is 18.2 Å². The fraction of sp³-hybridized carbons (Fsp3) is 0.267. The number of halogens is 1. The summed E-state index contributed by atoms with van der Waals surface area (Å²) < 4.78 is 11.0. The summed E-state index contributed by atoms with van der Waals surface area (Å²) >= 11 is 6.39. The van der Waals surface area contributed by atoms with Crippen molar-refractivity contribution in [2.45, 2.75) is 11.5 Å². The number of allylic oxidation sites excluding steroid dienone is 2. The van der Waals surface area contributed by atoms with Crippen molar-refractivity contribution in [3.05, 3.63) is 59.4 Å². The van der Waals surface area contributed by atoms with E-state index in [0.717, 1.165) is 0 Å². The molecule has 4 heteroatoms. The van der Waals surface area contributed by atoms with Gasteiger partial charge in [0.25, 0.3) is 0 Å². The fourth-order valence-electron chi connectivity index (χ4n) is 2.26. The van der Waals surface area contributed by atoms with Gasteiger partial charge in [0.2, 0.25) is 5.06 Å². The number of benzene rings is 1. The normalized spacial score (nSPS) is 25.7. The van der Waals surface area contributed by atoms with Crippen LogP contribution in [0, 0.1) is 0 Å². The van der Waals surface area contributed by atoms with E-state index in [-0.39, 0.29) is 5.78 Å². The molecule has 1 saturated heterocycles. The zero-order valence-corrected chi connectivity index (χ0v) is 11.0. The summed E-state index contributed by atoms with van der Waals surface area (Å²) in [7, 11) is 0. The third-order valence-corrected chi connectivity index (χ3v) is 3.65. The van der Waals surface area contributed by atoms with Crippen LogP contribution in [0.4, 0.5) is 0 Å². The first-order valence-electron chi connectivity index (χ1n) is 6.16. The number of hydrogen-bond acceptors (Lipinski definition) is 3. The minimum atomic E-state index is -1.02. The quantitative estimate of drug-likeness (QED) is 0.615. The SMILES string of the molecule is O=C(C1=CC=C2OCCOC2(Cl)C1)c1ccccc1. The van der Waals surface area contributed by atoms with Gasteiger partial charge in [0.15, 0.2) is 5.78 Å². The van der Waals surface area contributed by atoms with Crippen molar-refractivity contribution >= 4 is 17.4 Å². The van der Waals surface area contributed by atoms with E-state index in [9.17, 15) is 4.79 Å². The van der Waals surface area contributed by atoms with Gasteiger partial charge in [0, 0.05) is 17.6 Å². The Morgan fingerprint density at radius 2 is 1.95 bits per heavy atom. The second kappa shape index (κ2) is 4.83. The van der Waals surface area contributed by atoms with Gasteiger partial charge in [-0.1, -0.05) is 48.0 Å². The summed E-state index contributed by atoms with van der Waals surface area (Å²) in [5.74, 6) is 0.565. The molecule has 1 aliphatic heterocycles. The molecule has 1 aromatic carbocycles. The molecule has 3 rings (SSSR count). The number of ether oxygens (including phenoxy) is 2. The summed E-state index contributed by atoms with van der Waals surface area (Å²) in [5.41, 5.74) is 1.29. The molecule has 1 aromatic rings. The van der Waals surface area contributed by atoms with E-state index >= 15 is 0 Å². The summed E-state index contributed by atoms with van der Waals surface area (Å²) in [4.78, 5) is 12.4. The summed E-state index contributed by atoms with van der Waals surface area (Å²) in [6.07, 6.45) is 3.82. The fourth-order valence-corrected chi connectivity index (χ4v) is 2.59. The third kappa shape index (κ3) is 2.31. The van der Waals surface area contributed by atoms with Gasteiger partial charge in [0.1, 0.15) is 12.4 Å². The van der Waals surface area contributed by atoms with Gasteiger partial charge in [-0.2, -0.15) is 0 Å². The van der Waals surface area contributed by atoms with Gasteiger partial charge in [-0.3, -0.25) is 4.79 Å².